The number of piperidine rings is 1. The molecular formula is C16H21N2O3+. The van der Waals surface area contributed by atoms with Crippen LogP contribution in [0.4, 0.5) is 5.69 Å². The summed E-state index contributed by atoms with van der Waals surface area (Å²) in [4.78, 5) is 27.5. The van der Waals surface area contributed by atoms with Crippen LogP contribution < -0.4 is 14.5 Å². The van der Waals surface area contributed by atoms with Crippen molar-refractivity contribution in [1.29, 1.82) is 0 Å². The number of rotatable bonds is 3. The average Bonchev–Trinajstić information content (AvgIpc) is 2.83. The maximum Gasteiger partial charge on any atom is 0.292 e. The highest BCUT2D eigenvalue weighted by molar-refractivity contribution is 6.21. The third-order valence-corrected chi connectivity index (χ3v) is 4.47. The summed E-state index contributed by atoms with van der Waals surface area (Å²) in [6, 6.07) is 6.89. The molecule has 2 fully saturated rings. The van der Waals surface area contributed by atoms with Gasteiger partial charge in [-0.25, -0.2) is 4.90 Å². The van der Waals surface area contributed by atoms with Gasteiger partial charge in [-0.2, -0.15) is 0 Å². The van der Waals surface area contributed by atoms with Crippen molar-refractivity contribution in [3.8, 4) is 5.75 Å². The molecule has 21 heavy (non-hydrogen) atoms. The van der Waals surface area contributed by atoms with Gasteiger partial charge in [0.15, 0.2) is 6.04 Å². The number of carbonyl (C=O) groups is 2. The first kappa shape index (κ1) is 14.1. The van der Waals surface area contributed by atoms with Crippen LogP contribution >= 0.6 is 0 Å². The molecule has 1 aromatic rings. The Labute approximate surface area is 124 Å². The number of methoxy groups -OCH3 is 1. The number of carbonyl (C=O) groups excluding carboxylic acids is 2. The second-order valence-corrected chi connectivity index (χ2v) is 5.74. The van der Waals surface area contributed by atoms with E-state index in [1.807, 2.05) is 0 Å². The summed E-state index contributed by atoms with van der Waals surface area (Å²) in [6.07, 6.45) is 3.87. The number of likely N-dealkylation sites (tertiary alicyclic amines) is 1. The van der Waals surface area contributed by atoms with Gasteiger partial charge in [-0.15, -0.1) is 0 Å². The lowest BCUT2D eigenvalue weighted by atomic mass is 10.1. The summed E-state index contributed by atoms with van der Waals surface area (Å²) in [5, 5.41) is 0. The van der Waals surface area contributed by atoms with Crippen LogP contribution in [0.3, 0.4) is 0 Å². The number of amides is 2. The van der Waals surface area contributed by atoms with Gasteiger partial charge in [0.05, 0.1) is 32.3 Å². The number of hydrogen-bond acceptors (Lipinski definition) is 3. The first-order valence-corrected chi connectivity index (χ1v) is 7.56. The fourth-order valence-corrected chi connectivity index (χ4v) is 3.31. The number of imide groups is 1. The van der Waals surface area contributed by atoms with Crippen LogP contribution in [-0.2, 0) is 9.59 Å². The zero-order chi connectivity index (χ0) is 14.8. The molecule has 5 nitrogen and oxygen atoms in total. The minimum absolute atomic E-state index is 0.0536. The van der Waals surface area contributed by atoms with Crippen LogP contribution in [0.25, 0.3) is 0 Å². The van der Waals surface area contributed by atoms with E-state index in [0.717, 1.165) is 31.7 Å². The van der Waals surface area contributed by atoms with Crippen molar-refractivity contribution in [3.63, 3.8) is 0 Å². The Morgan fingerprint density at radius 1 is 1.10 bits per heavy atom. The minimum Gasteiger partial charge on any atom is -0.497 e. The summed E-state index contributed by atoms with van der Waals surface area (Å²) in [6.45, 7) is 2.00. The highest BCUT2D eigenvalue weighted by Gasteiger charge is 2.45. The second-order valence-electron chi connectivity index (χ2n) is 5.74. The van der Waals surface area contributed by atoms with Gasteiger partial charge in [0.1, 0.15) is 5.75 Å². The van der Waals surface area contributed by atoms with Crippen molar-refractivity contribution >= 4 is 17.5 Å². The number of ether oxygens (including phenoxy) is 1. The van der Waals surface area contributed by atoms with Crippen LogP contribution in [0.2, 0.25) is 0 Å². The largest absolute Gasteiger partial charge is 0.497 e. The van der Waals surface area contributed by atoms with Gasteiger partial charge in [0.25, 0.3) is 5.91 Å². The summed E-state index contributed by atoms with van der Waals surface area (Å²) in [5.41, 5.74) is 0.643. The molecule has 3 rings (SSSR count). The molecule has 0 radical (unpaired) electrons. The molecule has 2 heterocycles. The molecule has 2 aliphatic heterocycles. The van der Waals surface area contributed by atoms with Crippen LogP contribution in [0.15, 0.2) is 24.3 Å². The number of quaternary nitrogens is 1. The van der Waals surface area contributed by atoms with Gasteiger partial charge >= 0.3 is 0 Å². The fourth-order valence-electron chi connectivity index (χ4n) is 3.31. The van der Waals surface area contributed by atoms with E-state index in [0.29, 0.717) is 12.1 Å². The van der Waals surface area contributed by atoms with Crippen molar-refractivity contribution < 1.29 is 19.2 Å². The first-order chi connectivity index (χ1) is 10.2. The van der Waals surface area contributed by atoms with E-state index in [1.165, 1.54) is 16.2 Å². The van der Waals surface area contributed by atoms with Gasteiger partial charge in [-0.3, -0.25) is 9.59 Å². The maximum atomic E-state index is 12.6. The SMILES string of the molecule is COc1ccc(N2C(=O)CC([NH+]3CCCCC3)C2=O)cc1. The predicted octanol–water partition coefficient (Wildman–Crippen LogP) is 0.396. The van der Waals surface area contributed by atoms with Crippen molar-refractivity contribution in [2.24, 2.45) is 0 Å². The summed E-state index contributed by atoms with van der Waals surface area (Å²) in [7, 11) is 1.59. The third kappa shape index (κ3) is 2.65. The molecule has 5 heteroatoms. The molecule has 112 valence electrons. The van der Waals surface area contributed by atoms with Crippen LogP contribution in [0, 0.1) is 0 Å². The van der Waals surface area contributed by atoms with Crippen LogP contribution in [0.1, 0.15) is 25.7 Å². The van der Waals surface area contributed by atoms with E-state index in [1.54, 1.807) is 31.4 Å². The van der Waals surface area contributed by atoms with Crippen molar-refractivity contribution in [1.82, 2.24) is 0 Å². The van der Waals surface area contributed by atoms with E-state index < -0.39 is 0 Å². The number of nitrogens with one attached hydrogen (secondary N) is 1. The van der Waals surface area contributed by atoms with E-state index in [4.69, 9.17) is 4.74 Å². The first-order valence-electron chi connectivity index (χ1n) is 7.56. The molecule has 0 bridgehead atoms. The Balaban J connectivity index is 1.79. The number of hydrogen-bond donors (Lipinski definition) is 1. The topological polar surface area (TPSA) is 51.0 Å². The average molecular weight is 289 g/mol. The lowest BCUT2D eigenvalue weighted by Crippen LogP contribution is -3.17. The molecule has 2 amide bonds. The van der Waals surface area contributed by atoms with Gasteiger partial charge in [0, 0.05) is 0 Å². The van der Waals surface area contributed by atoms with Crippen molar-refractivity contribution in [3.05, 3.63) is 24.3 Å². The summed E-state index contributed by atoms with van der Waals surface area (Å²) >= 11 is 0. The maximum absolute atomic E-state index is 12.6. The van der Waals surface area contributed by atoms with E-state index >= 15 is 0 Å². The molecule has 2 saturated heterocycles. The summed E-state index contributed by atoms with van der Waals surface area (Å²) in [5.74, 6) is 0.575. The number of nitrogens with zero attached hydrogens (tertiary/aromatic N) is 1. The monoisotopic (exact) mass is 289 g/mol. The molecule has 0 spiro atoms. The highest BCUT2D eigenvalue weighted by Crippen LogP contribution is 2.24. The lowest BCUT2D eigenvalue weighted by Gasteiger charge is -2.27. The molecule has 1 atom stereocenters. The Kier molecular flexibility index (Phi) is 3.92. The predicted molar refractivity (Wildman–Crippen MR) is 78.4 cm³/mol. The van der Waals surface area contributed by atoms with Crippen molar-refractivity contribution in [2.45, 2.75) is 31.7 Å². The number of anilines is 1. The Morgan fingerprint density at radius 3 is 2.38 bits per heavy atom. The molecule has 0 aromatic heterocycles. The zero-order valence-corrected chi connectivity index (χ0v) is 12.3. The standard InChI is InChI=1S/C16H20N2O3/c1-21-13-7-5-12(6-8-13)18-15(19)11-14(16(18)20)17-9-3-2-4-10-17/h5-8,14H,2-4,9-11H2,1H3/p+1. The number of benzene rings is 1. The molecule has 1 aromatic carbocycles. The lowest BCUT2D eigenvalue weighted by molar-refractivity contribution is -0.919. The molecule has 1 unspecified atom stereocenters. The fraction of sp³-hybridized carbons (Fsp3) is 0.500. The van der Waals surface area contributed by atoms with Gasteiger partial charge in [0.2, 0.25) is 5.91 Å². The molecule has 0 saturated carbocycles. The molecule has 2 aliphatic rings. The Bertz CT molecular complexity index is 535. The molecule has 1 N–H and O–H groups in total. The second kappa shape index (κ2) is 5.85. The third-order valence-electron chi connectivity index (χ3n) is 4.47. The molecular weight excluding hydrogens is 268 g/mol. The zero-order valence-electron chi connectivity index (χ0n) is 12.3. The minimum atomic E-state index is -0.195. The Hall–Kier alpha value is -1.88. The molecule has 0 aliphatic carbocycles. The highest BCUT2D eigenvalue weighted by atomic mass is 16.5. The van der Waals surface area contributed by atoms with Gasteiger partial charge < -0.3 is 9.64 Å². The van der Waals surface area contributed by atoms with Gasteiger partial charge in [-0.05, 0) is 43.5 Å². The smallest absolute Gasteiger partial charge is 0.292 e. The van der Waals surface area contributed by atoms with Crippen molar-refractivity contribution in [2.75, 3.05) is 25.1 Å². The quantitative estimate of drug-likeness (QED) is 0.819. The van der Waals surface area contributed by atoms with E-state index in [9.17, 15) is 9.59 Å². The van der Waals surface area contributed by atoms with Gasteiger partial charge in [-0.1, -0.05) is 0 Å². The normalized spacial score (nSPS) is 23.7. The van der Waals surface area contributed by atoms with E-state index in [2.05, 4.69) is 0 Å². The van der Waals surface area contributed by atoms with E-state index in [-0.39, 0.29) is 17.9 Å². The Morgan fingerprint density at radius 2 is 1.76 bits per heavy atom. The van der Waals surface area contributed by atoms with Crippen LogP contribution in [-0.4, -0.2) is 38.1 Å². The van der Waals surface area contributed by atoms with Crippen LogP contribution in [0.5, 0.6) is 5.75 Å². The summed E-state index contributed by atoms with van der Waals surface area (Å²) < 4.78 is 5.11.